The van der Waals surface area contributed by atoms with Gasteiger partial charge in [0.2, 0.25) is 0 Å². The van der Waals surface area contributed by atoms with Gasteiger partial charge in [0.25, 0.3) is 11.8 Å². The molecule has 4 rings (SSSR count). The minimum Gasteiger partial charge on any atom is -0.490 e. The molecule has 1 fully saturated rings. The first kappa shape index (κ1) is 25.3. The standard InChI is InChI=1S/C27H22Cl2N2O5/c1-3-35-24-13-17(6-11-23(24)36-15-18-7-8-19(28)14-22(18)29)12-21-25(32)30-27(34)31(26(21)33)20-9-4-16(2)5-10-20/h4-14H,3,15H2,1-2H3,(H,30,32,34)/b21-12-. The minimum atomic E-state index is -0.800. The van der Waals surface area contributed by atoms with Gasteiger partial charge < -0.3 is 9.47 Å². The highest BCUT2D eigenvalue weighted by atomic mass is 35.5. The van der Waals surface area contributed by atoms with E-state index in [1.54, 1.807) is 60.7 Å². The Hall–Kier alpha value is -3.81. The second kappa shape index (κ2) is 10.8. The van der Waals surface area contributed by atoms with Crippen molar-refractivity contribution in [3.8, 4) is 11.5 Å². The predicted molar refractivity (Wildman–Crippen MR) is 139 cm³/mol. The fourth-order valence-corrected chi connectivity index (χ4v) is 4.01. The van der Waals surface area contributed by atoms with Crippen molar-refractivity contribution in [1.82, 2.24) is 5.32 Å². The van der Waals surface area contributed by atoms with Crippen molar-refractivity contribution >= 4 is 52.8 Å². The number of ether oxygens (including phenoxy) is 2. The molecule has 4 amide bonds. The van der Waals surface area contributed by atoms with Crippen LogP contribution < -0.4 is 19.7 Å². The topological polar surface area (TPSA) is 84.9 Å². The van der Waals surface area contributed by atoms with Gasteiger partial charge in [-0.15, -0.1) is 0 Å². The fourth-order valence-electron chi connectivity index (χ4n) is 3.55. The van der Waals surface area contributed by atoms with Crippen molar-refractivity contribution in [1.29, 1.82) is 0 Å². The lowest BCUT2D eigenvalue weighted by atomic mass is 10.1. The van der Waals surface area contributed by atoms with E-state index < -0.39 is 17.8 Å². The molecule has 1 aliphatic heterocycles. The number of rotatable bonds is 7. The molecule has 184 valence electrons. The number of hydrogen-bond donors (Lipinski definition) is 1. The number of anilines is 1. The van der Waals surface area contributed by atoms with Gasteiger partial charge >= 0.3 is 6.03 Å². The van der Waals surface area contributed by atoms with Gasteiger partial charge in [0.15, 0.2) is 11.5 Å². The van der Waals surface area contributed by atoms with Crippen molar-refractivity contribution in [3.05, 3.63) is 93.0 Å². The van der Waals surface area contributed by atoms with Crippen molar-refractivity contribution in [2.45, 2.75) is 20.5 Å². The molecule has 1 aliphatic rings. The highest BCUT2D eigenvalue weighted by molar-refractivity contribution is 6.39. The van der Waals surface area contributed by atoms with Crippen molar-refractivity contribution < 1.29 is 23.9 Å². The van der Waals surface area contributed by atoms with Crippen molar-refractivity contribution in [3.63, 3.8) is 0 Å². The lowest BCUT2D eigenvalue weighted by molar-refractivity contribution is -0.122. The van der Waals surface area contributed by atoms with Crippen LogP contribution in [0.2, 0.25) is 10.0 Å². The Kier molecular flexibility index (Phi) is 7.62. The summed E-state index contributed by atoms with van der Waals surface area (Å²) in [7, 11) is 0. The summed E-state index contributed by atoms with van der Waals surface area (Å²) in [6.45, 7) is 4.27. The largest absolute Gasteiger partial charge is 0.490 e. The Balaban J connectivity index is 1.61. The Labute approximate surface area is 218 Å². The third-order valence-corrected chi connectivity index (χ3v) is 5.96. The summed E-state index contributed by atoms with van der Waals surface area (Å²) < 4.78 is 11.6. The molecule has 0 unspecified atom stereocenters. The Morgan fingerprint density at radius 1 is 0.917 bits per heavy atom. The molecule has 0 aromatic heterocycles. The van der Waals surface area contributed by atoms with Crippen molar-refractivity contribution in [2.24, 2.45) is 0 Å². The van der Waals surface area contributed by atoms with Crippen LogP contribution in [0.4, 0.5) is 10.5 Å². The summed E-state index contributed by atoms with van der Waals surface area (Å²) >= 11 is 12.2. The molecule has 7 nitrogen and oxygen atoms in total. The molecule has 0 spiro atoms. The van der Waals surface area contributed by atoms with Crippen molar-refractivity contribution in [2.75, 3.05) is 11.5 Å². The summed E-state index contributed by atoms with van der Waals surface area (Å²) in [5.74, 6) is -0.611. The van der Waals surface area contributed by atoms with E-state index in [-0.39, 0.29) is 12.2 Å². The first-order valence-electron chi connectivity index (χ1n) is 11.1. The molecule has 1 saturated heterocycles. The Morgan fingerprint density at radius 2 is 1.67 bits per heavy atom. The van der Waals surface area contributed by atoms with Gasteiger partial charge in [0, 0.05) is 15.6 Å². The average Bonchev–Trinajstić information content (AvgIpc) is 2.83. The molecule has 0 aliphatic carbocycles. The zero-order valence-corrected chi connectivity index (χ0v) is 21.0. The molecule has 9 heteroatoms. The van der Waals surface area contributed by atoms with Crippen LogP contribution in [-0.4, -0.2) is 24.5 Å². The van der Waals surface area contributed by atoms with Crippen LogP contribution >= 0.6 is 23.2 Å². The van der Waals surface area contributed by atoms with Gasteiger partial charge in [-0.05, 0) is 61.9 Å². The minimum absolute atomic E-state index is 0.181. The number of aryl methyl sites for hydroxylation is 1. The van der Waals surface area contributed by atoms with E-state index >= 15 is 0 Å². The number of benzene rings is 3. The molecule has 36 heavy (non-hydrogen) atoms. The highest BCUT2D eigenvalue weighted by Gasteiger charge is 2.36. The maximum atomic E-state index is 13.1. The van der Waals surface area contributed by atoms with Crippen LogP contribution in [-0.2, 0) is 16.2 Å². The third kappa shape index (κ3) is 5.53. The van der Waals surface area contributed by atoms with Gasteiger partial charge in [0.05, 0.1) is 12.3 Å². The monoisotopic (exact) mass is 524 g/mol. The zero-order chi connectivity index (χ0) is 25.8. The number of imide groups is 2. The number of urea groups is 1. The van der Waals surface area contributed by atoms with E-state index in [9.17, 15) is 14.4 Å². The zero-order valence-electron chi connectivity index (χ0n) is 19.5. The number of nitrogens with one attached hydrogen (secondary N) is 1. The Bertz CT molecular complexity index is 1370. The maximum Gasteiger partial charge on any atom is 0.335 e. The summed E-state index contributed by atoms with van der Waals surface area (Å²) in [5.41, 5.74) is 2.42. The highest BCUT2D eigenvalue weighted by Crippen LogP contribution is 2.32. The predicted octanol–water partition coefficient (Wildman–Crippen LogP) is 5.95. The number of hydrogen-bond acceptors (Lipinski definition) is 5. The van der Waals surface area contributed by atoms with Gasteiger partial charge in [0.1, 0.15) is 12.2 Å². The van der Waals surface area contributed by atoms with E-state index in [1.165, 1.54) is 6.08 Å². The second-order valence-corrected chi connectivity index (χ2v) is 8.80. The number of halogens is 2. The lowest BCUT2D eigenvalue weighted by Gasteiger charge is -2.26. The summed E-state index contributed by atoms with van der Waals surface area (Å²) in [5, 5.41) is 3.23. The number of barbiturate groups is 1. The van der Waals surface area contributed by atoms with Gasteiger partial charge in [-0.25, -0.2) is 9.69 Å². The van der Waals surface area contributed by atoms with Crippen LogP contribution in [0.25, 0.3) is 6.08 Å². The molecule has 0 atom stereocenters. The summed E-state index contributed by atoms with van der Waals surface area (Å²) in [6.07, 6.45) is 1.41. The molecule has 0 saturated carbocycles. The molecule has 0 bridgehead atoms. The number of carbonyl (C=O) groups is 3. The van der Waals surface area contributed by atoms with Gasteiger partial charge in [-0.2, -0.15) is 0 Å². The molecule has 1 N–H and O–H groups in total. The molecule has 0 radical (unpaired) electrons. The SMILES string of the molecule is CCOc1cc(/C=C2/C(=O)NC(=O)N(c3ccc(C)cc3)C2=O)ccc1OCc1ccc(Cl)cc1Cl. The average molecular weight is 525 g/mol. The van der Waals surface area contributed by atoms with E-state index in [0.29, 0.717) is 39.4 Å². The van der Waals surface area contributed by atoms with Gasteiger partial charge in [-0.3, -0.25) is 14.9 Å². The normalized spacial score (nSPS) is 14.7. The van der Waals surface area contributed by atoms with Crippen LogP contribution in [0.5, 0.6) is 11.5 Å². The van der Waals surface area contributed by atoms with E-state index in [0.717, 1.165) is 16.0 Å². The van der Waals surface area contributed by atoms with E-state index in [4.69, 9.17) is 32.7 Å². The molecule has 3 aromatic rings. The van der Waals surface area contributed by atoms with Crippen LogP contribution in [0.15, 0.2) is 66.2 Å². The molecular weight excluding hydrogens is 503 g/mol. The van der Waals surface area contributed by atoms with Crippen LogP contribution in [0, 0.1) is 6.92 Å². The number of carbonyl (C=O) groups excluding carboxylic acids is 3. The second-order valence-electron chi connectivity index (χ2n) is 7.96. The smallest absolute Gasteiger partial charge is 0.335 e. The van der Waals surface area contributed by atoms with Gasteiger partial charge in [-0.1, -0.05) is 53.0 Å². The number of amides is 4. The number of nitrogens with zero attached hydrogens (tertiary/aromatic N) is 1. The molecule has 1 heterocycles. The lowest BCUT2D eigenvalue weighted by Crippen LogP contribution is -2.54. The van der Waals surface area contributed by atoms with E-state index in [2.05, 4.69) is 5.32 Å². The van der Waals surface area contributed by atoms with Crippen LogP contribution in [0.1, 0.15) is 23.6 Å². The Morgan fingerprint density at radius 3 is 2.36 bits per heavy atom. The van der Waals surface area contributed by atoms with E-state index in [1.807, 2.05) is 13.8 Å². The molecule has 3 aromatic carbocycles. The maximum absolute atomic E-state index is 13.1. The first-order chi connectivity index (χ1) is 17.3. The molecular formula is C27H22Cl2N2O5. The summed E-state index contributed by atoms with van der Waals surface area (Å²) in [6, 6.07) is 16.2. The third-order valence-electron chi connectivity index (χ3n) is 5.37. The van der Waals surface area contributed by atoms with Crippen LogP contribution in [0.3, 0.4) is 0 Å². The fraction of sp³-hybridized carbons (Fsp3) is 0.148. The first-order valence-corrected chi connectivity index (χ1v) is 11.8. The quantitative estimate of drug-likeness (QED) is 0.305. The summed E-state index contributed by atoms with van der Waals surface area (Å²) in [4.78, 5) is 39.0.